The molecule has 1 atom stereocenters. The van der Waals surface area contributed by atoms with Gasteiger partial charge in [0.25, 0.3) is 0 Å². The van der Waals surface area contributed by atoms with Gasteiger partial charge in [0.05, 0.1) is 19.1 Å². The summed E-state index contributed by atoms with van der Waals surface area (Å²) in [7, 11) is 1.60. The van der Waals surface area contributed by atoms with Crippen LogP contribution in [0.15, 0.2) is 18.2 Å². The van der Waals surface area contributed by atoms with Crippen LogP contribution in [-0.2, 0) is 27.3 Å². The van der Waals surface area contributed by atoms with Gasteiger partial charge in [-0.05, 0) is 17.2 Å². The maximum absolute atomic E-state index is 12.3. The lowest BCUT2D eigenvalue weighted by atomic mass is 10.1. The highest BCUT2D eigenvalue weighted by atomic mass is 16.5. The molecule has 2 heterocycles. The topological polar surface area (TPSA) is 67.9 Å². The zero-order chi connectivity index (χ0) is 16.2. The fourth-order valence-corrected chi connectivity index (χ4v) is 3.05. The van der Waals surface area contributed by atoms with E-state index in [4.69, 9.17) is 9.47 Å². The van der Waals surface area contributed by atoms with Crippen LogP contribution in [0.1, 0.15) is 17.5 Å². The van der Waals surface area contributed by atoms with E-state index in [1.54, 1.807) is 12.0 Å². The van der Waals surface area contributed by atoms with E-state index >= 15 is 0 Å². The van der Waals surface area contributed by atoms with Gasteiger partial charge >= 0.3 is 0 Å². The highest BCUT2D eigenvalue weighted by molar-refractivity contribution is 5.89. The molecule has 1 unspecified atom stereocenters. The van der Waals surface area contributed by atoms with Gasteiger partial charge in [0.1, 0.15) is 5.75 Å². The summed E-state index contributed by atoms with van der Waals surface area (Å²) >= 11 is 0. The van der Waals surface area contributed by atoms with Crippen molar-refractivity contribution in [1.82, 2.24) is 10.2 Å². The summed E-state index contributed by atoms with van der Waals surface area (Å²) in [5, 5.41) is 2.94. The number of carbonyl (C=O) groups excluding carboxylic acids is 2. The highest BCUT2D eigenvalue weighted by Gasteiger charge is 2.33. The molecule has 1 aromatic rings. The van der Waals surface area contributed by atoms with Crippen molar-refractivity contribution in [3.05, 3.63) is 29.3 Å². The maximum atomic E-state index is 12.3. The van der Waals surface area contributed by atoms with Crippen molar-refractivity contribution in [2.75, 3.05) is 33.4 Å². The number of nitrogens with zero attached hydrogens (tertiary/aromatic N) is 1. The first-order valence-corrected chi connectivity index (χ1v) is 7.96. The standard InChI is InChI=1S/C17H22N2O4/c1-22-7-5-19-11-14(9-16(19)20)17(21)18-10-12-2-3-15-13(8-12)4-6-23-15/h2-3,8,14H,4-7,9-11H2,1H3,(H,18,21). The minimum absolute atomic E-state index is 0.0249. The van der Waals surface area contributed by atoms with Gasteiger partial charge in [-0.25, -0.2) is 0 Å². The van der Waals surface area contributed by atoms with Crippen molar-refractivity contribution >= 4 is 11.8 Å². The van der Waals surface area contributed by atoms with Crippen LogP contribution in [0.4, 0.5) is 0 Å². The highest BCUT2D eigenvalue weighted by Crippen LogP contribution is 2.26. The molecular formula is C17H22N2O4. The quantitative estimate of drug-likeness (QED) is 0.840. The van der Waals surface area contributed by atoms with E-state index in [-0.39, 0.29) is 24.2 Å². The van der Waals surface area contributed by atoms with Gasteiger partial charge in [-0.1, -0.05) is 12.1 Å². The largest absolute Gasteiger partial charge is 0.493 e. The zero-order valence-electron chi connectivity index (χ0n) is 13.3. The molecule has 0 radical (unpaired) electrons. The second-order valence-electron chi connectivity index (χ2n) is 5.99. The Morgan fingerprint density at radius 1 is 1.48 bits per heavy atom. The third-order valence-corrected chi connectivity index (χ3v) is 4.37. The molecule has 0 aliphatic carbocycles. The Morgan fingerprint density at radius 3 is 3.17 bits per heavy atom. The Balaban J connectivity index is 1.51. The van der Waals surface area contributed by atoms with Crippen molar-refractivity contribution in [2.24, 2.45) is 5.92 Å². The second-order valence-corrected chi connectivity index (χ2v) is 5.99. The van der Waals surface area contributed by atoms with Gasteiger partial charge in [0.2, 0.25) is 11.8 Å². The molecule has 0 aromatic heterocycles. The first-order chi connectivity index (χ1) is 11.2. The van der Waals surface area contributed by atoms with Crippen LogP contribution < -0.4 is 10.1 Å². The third kappa shape index (κ3) is 3.64. The molecule has 2 aliphatic heterocycles. The first kappa shape index (κ1) is 15.8. The van der Waals surface area contributed by atoms with E-state index in [0.29, 0.717) is 26.2 Å². The van der Waals surface area contributed by atoms with Gasteiger partial charge < -0.3 is 19.7 Å². The number of likely N-dealkylation sites (tertiary alicyclic amines) is 1. The van der Waals surface area contributed by atoms with E-state index in [0.717, 1.165) is 24.3 Å². The first-order valence-electron chi connectivity index (χ1n) is 7.96. The van der Waals surface area contributed by atoms with Gasteiger partial charge in [-0.15, -0.1) is 0 Å². The van der Waals surface area contributed by atoms with Crippen molar-refractivity contribution in [3.63, 3.8) is 0 Å². The maximum Gasteiger partial charge on any atom is 0.225 e. The molecule has 2 amide bonds. The number of hydrogen-bond acceptors (Lipinski definition) is 4. The van der Waals surface area contributed by atoms with Crippen molar-refractivity contribution in [2.45, 2.75) is 19.4 Å². The molecule has 1 aromatic carbocycles. The zero-order valence-corrected chi connectivity index (χ0v) is 13.3. The molecule has 0 bridgehead atoms. The molecule has 1 N–H and O–H groups in total. The molecule has 6 nitrogen and oxygen atoms in total. The predicted molar refractivity (Wildman–Crippen MR) is 84.1 cm³/mol. The van der Waals surface area contributed by atoms with Gasteiger partial charge in [0, 0.05) is 39.6 Å². The fourth-order valence-electron chi connectivity index (χ4n) is 3.05. The van der Waals surface area contributed by atoms with Crippen LogP contribution >= 0.6 is 0 Å². The molecule has 1 fully saturated rings. The van der Waals surface area contributed by atoms with Crippen LogP contribution in [0.5, 0.6) is 5.75 Å². The number of benzene rings is 1. The molecule has 0 saturated carbocycles. The van der Waals surface area contributed by atoms with Crippen LogP contribution in [0.2, 0.25) is 0 Å². The number of methoxy groups -OCH3 is 1. The number of carbonyl (C=O) groups is 2. The average Bonchev–Trinajstić information content (AvgIpc) is 3.16. The Hall–Kier alpha value is -2.08. The number of hydrogen-bond donors (Lipinski definition) is 1. The van der Waals surface area contributed by atoms with Crippen molar-refractivity contribution in [3.8, 4) is 5.75 Å². The van der Waals surface area contributed by atoms with E-state index in [1.165, 1.54) is 5.56 Å². The summed E-state index contributed by atoms with van der Waals surface area (Å²) in [6.45, 7) is 2.73. The van der Waals surface area contributed by atoms with Gasteiger partial charge in [-0.3, -0.25) is 9.59 Å². The molecule has 3 rings (SSSR count). The minimum Gasteiger partial charge on any atom is -0.493 e. The molecule has 0 spiro atoms. The van der Waals surface area contributed by atoms with Crippen LogP contribution in [0, 0.1) is 5.92 Å². The van der Waals surface area contributed by atoms with E-state index < -0.39 is 0 Å². The fraction of sp³-hybridized carbons (Fsp3) is 0.529. The summed E-state index contributed by atoms with van der Waals surface area (Å²) in [5.74, 6) is 0.638. The van der Waals surface area contributed by atoms with Crippen molar-refractivity contribution < 1.29 is 19.1 Å². The normalized spacial score (nSPS) is 19.6. The number of rotatable bonds is 6. The monoisotopic (exact) mass is 318 g/mol. The average molecular weight is 318 g/mol. The van der Waals surface area contributed by atoms with E-state index in [2.05, 4.69) is 11.4 Å². The Labute approximate surface area is 135 Å². The van der Waals surface area contributed by atoms with Crippen molar-refractivity contribution in [1.29, 1.82) is 0 Å². The Kier molecular flexibility index (Phi) is 4.81. The molecule has 1 saturated heterocycles. The second kappa shape index (κ2) is 7.00. The number of fused-ring (bicyclic) bond motifs is 1. The van der Waals surface area contributed by atoms with Gasteiger partial charge in [0.15, 0.2) is 0 Å². The van der Waals surface area contributed by atoms with E-state index in [1.807, 2.05) is 12.1 Å². The molecule has 23 heavy (non-hydrogen) atoms. The summed E-state index contributed by atoms with van der Waals surface area (Å²) in [5.41, 5.74) is 2.25. The summed E-state index contributed by atoms with van der Waals surface area (Å²) in [4.78, 5) is 25.8. The number of ether oxygens (including phenoxy) is 2. The lowest BCUT2D eigenvalue weighted by Crippen LogP contribution is -2.33. The van der Waals surface area contributed by atoms with Crippen LogP contribution in [0.25, 0.3) is 0 Å². The summed E-state index contributed by atoms with van der Waals surface area (Å²) in [6.07, 6.45) is 1.20. The number of amides is 2. The summed E-state index contributed by atoms with van der Waals surface area (Å²) < 4.78 is 10.5. The predicted octanol–water partition coefficient (Wildman–Crippen LogP) is 0.733. The van der Waals surface area contributed by atoms with Crippen LogP contribution in [0.3, 0.4) is 0 Å². The molecule has 6 heteroatoms. The molecular weight excluding hydrogens is 296 g/mol. The smallest absolute Gasteiger partial charge is 0.225 e. The van der Waals surface area contributed by atoms with Crippen LogP contribution in [-0.4, -0.2) is 50.1 Å². The molecule has 124 valence electrons. The molecule has 2 aliphatic rings. The van der Waals surface area contributed by atoms with E-state index in [9.17, 15) is 9.59 Å². The Bertz CT molecular complexity index is 602. The lowest BCUT2D eigenvalue weighted by Gasteiger charge is -2.15. The third-order valence-electron chi connectivity index (χ3n) is 4.37. The SMILES string of the molecule is COCCN1CC(C(=O)NCc2ccc3c(c2)CCO3)CC1=O. The minimum atomic E-state index is -0.267. The number of nitrogens with one attached hydrogen (secondary N) is 1. The Morgan fingerprint density at radius 2 is 2.35 bits per heavy atom. The lowest BCUT2D eigenvalue weighted by molar-refractivity contribution is -0.129. The summed E-state index contributed by atoms with van der Waals surface area (Å²) in [6, 6.07) is 6.00. The van der Waals surface area contributed by atoms with Gasteiger partial charge in [-0.2, -0.15) is 0 Å².